The van der Waals surface area contributed by atoms with Crippen LogP contribution >= 0.6 is 0 Å². The Kier molecular flexibility index (Phi) is 6.71. The number of aldehydes is 1. The van der Waals surface area contributed by atoms with Crippen molar-refractivity contribution in [2.45, 2.75) is 26.3 Å². The molecule has 0 atom stereocenters. The first-order valence-electron chi connectivity index (χ1n) is 9.63. The molecule has 3 aromatic rings. The van der Waals surface area contributed by atoms with Crippen molar-refractivity contribution in [3.8, 4) is 0 Å². The number of benzene rings is 1. The maximum atomic E-state index is 12.2. The van der Waals surface area contributed by atoms with E-state index in [1.165, 1.54) is 24.1 Å². The molecular weight excluding hydrogens is 400 g/mol. The fraction of sp³-hybridized carbons (Fsp3) is 0.238. The van der Waals surface area contributed by atoms with Gasteiger partial charge in [-0.15, -0.1) is 0 Å². The molecule has 0 unspecified atom stereocenters. The van der Waals surface area contributed by atoms with Crippen LogP contribution in [-0.4, -0.2) is 39.6 Å². The van der Waals surface area contributed by atoms with Gasteiger partial charge in [0, 0.05) is 37.2 Å². The number of amides is 2. The van der Waals surface area contributed by atoms with E-state index in [0.717, 1.165) is 6.29 Å². The van der Waals surface area contributed by atoms with E-state index in [0.29, 0.717) is 41.8 Å². The van der Waals surface area contributed by atoms with Crippen LogP contribution in [0, 0.1) is 0 Å². The Hall–Kier alpha value is -4.08. The molecule has 2 aromatic heterocycles. The summed E-state index contributed by atoms with van der Waals surface area (Å²) in [6.07, 6.45) is 3.26. The van der Waals surface area contributed by atoms with Crippen molar-refractivity contribution in [3.63, 3.8) is 0 Å². The first kappa shape index (κ1) is 21.6. The third kappa shape index (κ3) is 5.30. The molecule has 0 saturated heterocycles. The Morgan fingerprint density at radius 1 is 1.26 bits per heavy atom. The van der Waals surface area contributed by atoms with Gasteiger partial charge in [0.2, 0.25) is 5.91 Å². The van der Waals surface area contributed by atoms with Crippen LogP contribution in [0.15, 0.2) is 41.3 Å². The molecule has 31 heavy (non-hydrogen) atoms. The number of nitrogens with two attached hydrogens (primary N) is 1. The smallest absolute Gasteiger partial charge is 0.277 e. The van der Waals surface area contributed by atoms with Gasteiger partial charge in [-0.2, -0.15) is 0 Å². The normalized spacial score (nSPS) is 10.6. The predicted molar refractivity (Wildman–Crippen MR) is 116 cm³/mol. The summed E-state index contributed by atoms with van der Waals surface area (Å²) in [6, 6.07) is 8.05. The molecule has 0 aliphatic carbocycles. The molecule has 0 radical (unpaired) electrons. The summed E-state index contributed by atoms with van der Waals surface area (Å²) >= 11 is 0. The molecule has 0 aliphatic rings. The molecule has 0 spiro atoms. The highest BCUT2D eigenvalue weighted by Gasteiger charge is 2.15. The highest BCUT2D eigenvalue weighted by molar-refractivity contribution is 5.96. The average molecular weight is 422 g/mol. The van der Waals surface area contributed by atoms with E-state index in [9.17, 15) is 19.2 Å². The first-order chi connectivity index (χ1) is 14.9. The maximum Gasteiger partial charge on any atom is 0.277 e. The monoisotopic (exact) mass is 422 g/mol. The van der Waals surface area contributed by atoms with Gasteiger partial charge < -0.3 is 25.7 Å². The fourth-order valence-corrected chi connectivity index (χ4v) is 2.99. The lowest BCUT2D eigenvalue weighted by atomic mass is 10.1. The molecule has 0 aliphatic heterocycles. The third-order valence-corrected chi connectivity index (χ3v) is 4.54. The number of nitrogen functional groups attached to an aromatic ring is 1. The number of nitrogens with zero attached hydrogens (tertiary/aromatic N) is 3. The predicted octanol–water partition coefficient (Wildman–Crippen LogP) is 1.16. The van der Waals surface area contributed by atoms with Gasteiger partial charge in [-0.25, -0.2) is 4.98 Å². The Labute approximate surface area is 177 Å². The van der Waals surface area contributed by atoms with Gasteiger partial charge >= 0.3 is 0 Å². The molecule has 2 heterocycles. The molecule has 0 fully saturated rings. The molecular formula is C21H22N6O4. The largest absolute Gasteiger partial charge is 0.385 e. The summed E-state index contributed by atoms with van der Waals surface area (Å²) in [5, 5.41) is 2.73. The van der Waals surface area contributed by atoms with Crippen LogP contribution in [0.5, 0.6) is 0 Å². The van der Waals surface area contributed by atoms with Crippen molar-refractivity contribution in [3.05, 3.63) is 58.1 Å². The van der Waals surface area contributed by atoms with Crippen LogP contribution in [0.4, 0.5) is 11.5 Å². The first-order valence-corrected chi connectivity index (χ1v) is 9.63. The van der Waals surface area contributed by atoms with E-state index in [1.807, 2.05) is 0 Å². The molecule has 3 rings (SSSR count). The molecule has 0 saturated carbocycles. The minimum atomic E-state index is -0.456. The minimum Gasteiger partial charge on any atom is -0.385 e. The molecule has 2 amide bonds. The van der Waals surface area contributed by atoms with Crippen molar-refractivity contribution in [2.24, 2.45) is 0 Å². The van der Waals surface area contributed by atoms with E-state index in [1.54, 1.807) is 24.3 Å². The molecule has 10 heteroatoms. The Morgan fingerprint density at radius 2 is 2.00 bits per heavy atom. The number of fused-ring (bicyclic) bond motifs is 1. The zero-order valence-corrected chi connectivity index (χ0v) is 16.9. The number of nitrogens with one attached hydrogen (secondary N) is 2. The van der Waals surface area contributed by atoms with E-state index >= 15 is 0 Å². The van der Waals surface area contributed by atoms with Crippen molar-refractivity contribution in [2.75, 3.05) is 17.2 Å². The Morgan fingerprint density at radius 3 is 2.68 bits per heavy atom. The number of aromatic nitrogens is 3. The topological polar surface area (TPSA) is 151 Å². The lowest BCUT2D eigenvalue weighted by molar-refractivity contribution is -0.116. The van der Waals surface area contributed by atoms with Crippen molar-refractivity contribution in [1.82, 2.24) is 20.3 Å². The van der Waals surface area contributed by atoms with Crippen LogP contribution < -0.4 is 21.5 Å². The molecule has 4 N–H and O–H groups in total. The summed E-state index contributed by atoms with van der Waals surface area (Å²) in [5.41, 5.74) is 7.09. The quantitative estimate of drug-likeness (QED) is 0.364. The summed E-state index contributed by atoms with van der Waals surface area (Å²) in [6.45, 7) is 1.92. The fourth-order valence-electron chi connectivity index (χ4n) is 2.99. The number of unbranched alkanes of at least 4 members (excludes halogenated alkanes) is 1. The number of hydrogen-bond donors (Lipinski definition) is 3. The number of pyridine rings is 1. The second-order valence-electron chi connectivity index (χ2n) is 6.87. The van der Waals surface area contributed by atoms with Gasteiger partial charge in [-0.05, 0) is 30.7 Å². The Balaban J connectivity index is 1.77. The second kappa shape index (κ2) is 9.61. The van der Waals surface area contributed by atoms with Gasteiger partial charge in [0.25, 0.3) is 11.5 Å². The van der Waals surface area contributed by atoms with Crippen LogP contribution in [0.2, 0.25) is 0 Å². The van der Waals surface area contributed by atoms with Crippen molar-refractivity contribution in [1.29, 1.82) is 0 Å². The number of H-pyrrole nitrogens is 1. The summed E-state index contributed by atoms with van der Waals surface area (Å²) in [7, 11) is 0. The lowest BCUT2D eigenvalue weighted by Crippen LogP contribution is -2.29. The number of aromatic amines is 1. The Bertz CT molecular complexity index is 1170. The van der Waals surface area contributed by atoms with Crippen molar-refractivity contribution < 1.29 is 14.4 Å². The number of carbonyl (C=O) groups is 3. The highest BCUT2D eigenvalue weighted by Crippen LogP contribution is 2.19. The SMILES string of the molecule is CC(=O)N(Cc1cnc2cc(N)[nH]c(=O)c2n1)c1ccc(C(=O)NCCCC=O)cc1. The van der Waals surface area contributed by atoms with E-state index in [4.69, 9.17) is 5.73 Å². The van der Waals surface area contributed by atoms with Crippen LogP contribution in [0.3, 0.4) is 0 Å². The summed E-state index contributed by atoms with van der Waals surface area (Å²) in [5.74, 6) is -0.303. The number of hydrogen-bond acceptors (Lipinski definition) is 7. The summed E-state index contributed by atoms with van der Waals surface area (Å²) in [4.78, 5) is 59.3. The van der Waals surface area contributed by atoms with Gasteiger partial charge in [-0.1, -0.05) is 0 Å². The summed E-state index contributed by atoms with van der Waals surface area (Å²) < 4.78 is 0. The zero-order chi connectivity index (χ0) is 22.4. The van der Waals surface area contributed by atoms with Gasteiger partial charge in [0.15, 0.2) is 5.52 Å². The number of anilines is 2. The number of rotatable bonds is 8. The van der Waals surface area contributed by atoms with Crippen LogP contribution in [0.25, 0.3) is 11.0 Å². The van der Waals surface area contributed by atoms with Crippen LogP contribution in [0.1, 0.15) is 35.8 Å². The zero-order valence-electron chi connectivity index (χ0n) is 16.9. The second-order valence-corrected chi connectivity index (χ2v) is 6.87. The minimum absolute atomic E-state index is 0.0966. The van der Waals surface area contributed by atoms with Crippen LogP contribution in [-0.2, 0) is 16.1 Å². The van der Waals surface area contributed by atoms with E-state index in [2.05, 4.69) is 20.3 Å². The lowest BCUT2D eigenvalue weighted by Gasteiger charge is -2.21. The number of carbonyl (C=O) groups excluding carboxylic acids is 3. The molecule has 10 nitrogen and oxygen atoms in total. The molecule has 0 bridgehead atoms. The van der Waals surface area contributed by atoms with Gasteiger partial charge in [-0.3, -0.25) is 19.4 Å². The standard InChI is InChI=1S/C21H22N6O4/c1-13(29)27(12-15-11-24-17-10-18(22)26-21(31)19(17)25-15)16-6-4-14(5-7-16)20(30)23-8-2-3-9-28/h4-7,9-11H,2-3,8,12H2,1H3,(H,23,30)(H3,22,26,31). The highest BCUT2D eigenvalue weighted by atomic mass is 16.2. The van der Waals surface area contributed by atoms with E-state index < -0.39 is 5.56 Å². The van der Waals surface area contributed by atoms with Gasteiger partial charge in [0.1, 0.15) is 12.1 Å². The molecule has 160 valence electrons. The molecule has 1 aromatic carbocycles. The third-order valence-electron chi connectivity index (χ3n) is 4.54. The maximum absolute atomic E-state index is 12.2. The average Bonchev–Trinajstić information content (AvgIpc) is 2.75. The van der Waals surface area contributed by atoms with Gasteiger partial charge in [0.05, 0.1) is 24.0 Å². The van der Waals surface area contributed by atoms with E-state index in [-0.39, 0.29) is 29.7 Å². The van der Waals surface area contributed by atoms with Crippen molar-refractivity contribution >= 4 is 40.6 Å².